The van der Waals surface area contributed by atoms with Gasteiger partial charge < -0.3 is 4.90 Å². The number of piperidine rings is 1. The van der Waals surface area contributed by atoms with Crippen molar-refractivity contribution in [2.45, 2.75) is 19.3 Å². The minimum Gasteiger partial charge on any atom is -0.338 e. The predicted molar refractivity (Wildman–Crippen MR) is 96.1 cm³/mol. The van der Waals surface area contributed by atoms with Crippen LogP contribution in [0.15, 0.2) is 55.2 Å². The summed E-state index contributed by atoms with van der Waals surface area (Å²) >= 11 is 0. The number of amides is 1. The molecule has 2 aromatic heterocycles. The monoisotopic (exact) mass is 332 g/mol. The summed E-state index contributed by atoms with van der Waals surface area (Å²) in [6, 6.07) is 10.5. The lowest BCUT2D eigenvalue weighted by molar-refractivity contribution is 0.0672. The number of pyridine rings is 1. The Bertz CT molecular complexity index is 881. The number of aromatic nitrogens is 3. The van der Waals surface area contributed by atoms with E-state index in [1.54, 1.807) is 12.4 Å². The van der Waals surface area contributed by atoms with Crippen LogP contribution in [0.25, 0.3) is 10.9 Å². The summed E-state index contributed by atoms with van der Waals surface area (Å²) < 4.78 is 0. The third-order valence-electron chi connectivity index (χ3n) is 4.81. The van der Waals surface area contributed by atoms with Gasteiger partial charge in [0.25, 0.3) is 5.91 Å². The predicted octanol–water partition coefficient (Wildman–Crippen LogP) is 3.12. The maximum absolute atomic E-state index is 12.6. The molecule has 1 fully saturated rings. The first kappa shape index (κ1) is 15.7. The van der Waals surface area contributed by atoms with Crippen LogP contribution in [0.1, 0.15) is 28.8 Å². The normalized spacial score (nSPS) is 17.6. The summed E-state index contributed by atoms with van der Waals surface area (Å²) in [5.41, 5.74) is 2.90. The zero-order valence-electron chi connectivity index (χ0n) is 14.0. The quantitative estimate of drug-likeness (QED) is 0.739. The first-order chi connectivity index (χ1) is 12.3. The van der Waals surface area contributed by atoms with Gasteiger partial charge >= 0.3 is 0 Å². The van der Waals surface area contributed by atoms with Gasteiger partial charge in [0.05, 0.1) is 11.1 Å². The highest BCUT2D eigenvalue weighted by Crippen LogP contribution is 2.23. The lowest BCUT2D eigenvalue weighted by atomic mass is 9.90. The average Bonchev–Trinajstić information content (AvgIpc) is 2.68. The van der Waals surface area contributed by atoms with Crippen molar-refractivity contribution < 1.29 is 4.79 Å². The van der Waals surface area contributed by atoms with Crippen molar-refractivity contribution in [1.82, 2.24) is 19.9 Å². The second-order valence-corrected chi connectivity index (χ2v) is 6.62. The van der Waals surface area contributed by atoms with Crippen LogP contribution in [0.4, 0.5) is 0 Å². The second kappa shape index (κ2) is 6.97. The number of likely N-dealkylation sites (tertiary alicyclic amines) is 1. The van der Waals surface area contributed by atoms with Gasteiger partial charge in [-0.1, -0.05) is 12.1 Å². The minimum atomic E-state index is 0.0352. The summed E-state index contributed by atoms with van der Waals surface area (Å²) in [6.07, 6.45) is 9.63. The number of benzene rings is 1. The Morgan fingerprint density at radius 1 is 1.20 bits per heavy atom. The highest BCUT2D eigenvalue weighted by atomic mass is 16.2. The highest BCUT2D eigenvalue weighted by Gasteiger charge is 2.25. The van der Waals surface area contributed by atoms with Gasteiger partial charge in [0.15, 0.2) is 0 Å². The van der Waals surface area contributed by atoms with E-state index >= 15 is 0 Å². The molecule has 4 rings (SSSR count). The molecule has 126 valence electrons. The fourth-order valence-electron chi connectivity index (χ4n) is 3.59. The lowest BCUT2D eigenvalue weighted by Gasteiger charge is -2.33. The van der Waals surface area contributed by atoms with Gasteiger partial charge in [-0.25, -0.2) is 9.97 Å². The molecule has 0 bridgehead atoms. The van der Waals surface area contributed by atoms with Crippen molar-refractivity contribution in [3.63, 3.8) is 0 Å². The van der Waals surface area contributed by atoms with E-state index in [-0.39, 0.29) is 5.91 Å². The fourth-order valence-corrected chi connectivity index (χ4v) is 3.59. The third-order valence-corrected chi connectivity index (χ3v) is 4.81. The van der Waals surface area contributed by atoms with E-state index in [4.69, 9.17) is 0 Å². The van der Waals surface area contributed by atoms with Gasteiger partial charge in [-0.15, -0.1) is 0 Å². The minimum absolute atomic E-state index is 0.0352. The van der Waals surface area contributed by atoms with Crippen LogP contribution in [0, 0.1) is 5.92 Å². The SMILES string of the molecule is O=C(c1cncnc1)N1CCC[C@H](Cc2ccc3ncccc3c2)C1. The van der Waals surface area contributed by atoms with Gasteiger partial charge in [-0.2, -0.15) is 0 Å². The zero-order valence-corrected chi connectivity index (χ0v) is 14.0. The van der Waals surface area contributed by atoms with E-state index in [0.717, 1.165) is 37.9 Å². The molecule has 1 saturated heterocycles. The molecule has 0 N–H and O–H groups in total. The smallest absolute Gasteiger partial charge is 0.256 e. The Balaban J connectivity index is 1.46. The molecule has 25 heavy (non-hydrogen) atoms. The first-order valence-corrected chi connectivity index (χ1v) is 8.67. The molecule has 1 aliphatic rings. The van der Waals surface area contributed by atoms with E-state index in [1.807, 2.05) is 17.2 Å². The van der Waals surface area contributed by atoms with Crippen molar-refractivity contribution in [3.8, 4) is 0 Å². The summed E-state index contributed by atoms with van der Waals surface area (Å²) in [4.78, 5) is 26.8. The maximum atomic E-state index is 12.6. The average molecular weight is 332 g/mol. The molecular formula is C20H20N4O. The fraction of sp³-hybridized carbons (Fsp3) is 0.300. The number of fused-ring (bicyclic) bond motifs is 1. The van der Waals surface area contributed by atoms with Crippen molar-refractivity contribution in [2.75, 3.05) is 13.1 Å². The van der Waals surface area contributed by atoms with Crippen molar-refractivity contribution in [1.29, 1.82) is 0 Å². The van der Waals surface area contributed by atoms with Crippen molar-refractivity contribution in [2.24, 2.45) is 5.92 Å². The van der Waals surface area contributed by atoms with Gasteiger partial charge in [0.1, 0.15) is 6.33 Å². The molecular weight excluding hydrogens is 312 g/mol. The number of rotatable bonds is 3. The van der Waals surface area contributed by atoms with Gasteiger partial charge in [-0.05, 0) is 48.9 Å². The van der Waals surface area contributed by atoms with Crippen LogP contribution in [0.2, 0.25) is 0 Å². The van der Waals surface area contributed by atoms with E-state index in [9.17, 15) is 4.79 Å². The van der Waals surface area contributed by atoms with Crippen LogP contribution in [0.5, 0.6) is 0 Å². The largest absolute Gasteiger partial charge is 0.338 e. The maximum Gasteiger partial charge on any atom is 0.256 e. The molecule has 1 aliphatic heterocycles. The number of carbonyl (C=O) groups excluding carboxylic acids is 1. The Morgan fingerprint density at radius 2 is 2.08 bits per heavy atom. The summed E-state index contributed by atoms with van der Waals surface area (Å²) in [6.45, 7) is 1.60. The van der Waals surface area contributed by atoms with Crippen LogP contribution in [-0.2, 0) is 6.42 Å². The topological polar surface area (TPSA) is 59.0 Å². The van der Waals surface area contributed by atoms with Gasteiger partial charge in [-0.3, -0.25) is 9.78 Å². The standard InChI is InChI=1S/C20H20N4O/c25-20(18-11-21-14-22-12-18)24-8-2-3-16(13-24)9-15-5-6-19-17(10-15)4-1-7-23-19/h1,4-7,10-12,14,16H,2-3,8-9,13H2/t16-/m1/s1. The molecule has 3 heterocycles. The molecule has 1 aromatic carbocycles. The number of hydrogen-bond acceptors (Lipinski definition) is 4. The van der Waals surface area contributed by atoms with Crippen LogP contribution < -0.4 is 0 Å². The van der Waals surface area contributed by atoms with Crippen LogP contribution in [0.3, 0.4) is 0 Å². The van der Waals surface area contributed by atoms with E-state index in [0.29, 0.717) is 11.5 Å². The molecule has 0 radical (unpaired) electrons. The molecule has 1 amide bonds. The Kier molecular flexibility index (Phi) is 4.37. The summed E-state index contributed by atoms with van der Waals surface area (Å²) in [7, 11) is 0. The number of hydrogen-bond donors (Lipinski definition) is 0. The Hall–Kier alpha value is -2.82. The zero-order chi connectivity index (χ0) is 17.1. The lowest BCUT2D eigenvalue weighted by Crippen LogP contribution is -2.40. The van der Waals surface area contributed by atoms with E-state index < -0.39 is 0 Å². The Labute approximate surface area is 146 Å². The van der Waals surface area contributed by atoms with Crippen LogP contribution >= 0.6 is 0 Å². The van der Waals surface area contributed by atoms with Gasteiger partial charge in [0, 0.05) is 37.1 Å². The Morgan fingerprint density at radius 3 is 2.96 bits per heavy atom. The molecule has 0 saturated carbocycles. The molecule has 5 nitrogen and oxygen atoms in total. The summed E-state index contributed by atoms with van der Waals surface area (Å²) in [5.74, 6) is 0.518. The summed E-state index contributed by atoms with van der Waals surface area (Å²) in [5, 5.41) is 1.17. The van der Waals surface area contributed by atoms with E-state index in [1.165, 1.54) is 17.3 Å². The van der Waals surface area contributed by atoms with Gasteiger partial charge in [0.2, 0.25) is 0 Å². The number of carbonyl (C=O) groups is 1. The molecule has 0 unspecified atom stereocenters. The second-order valence-electron chi connectivity index (χ2n) is 6.62. The van der Waals surface area contributed by atoms with Crippen molar-refractivity contribution >= 4 is 16.8 Å². The van der Waals surface area contributed by atoms with Crippen LogP contribution in [-0.4, -0.2) is 38.8 Å². The molecule has 5 heteroatoms. The molecule has 3 aromatic rings. The van der Waals surface area contributed by atoms with E-state index in [2.05, 4.69) is 39.2 Å². The highest BCUT2D eigenvalue weighted by molar-refractivity contribution is 5.93. The molecule has 0 spiro atoms. The number of nitrogens with zero attached hydrogens (tertiary/aromatic N) is 4. The third kappa shape index (κ3) is 3.50. The van der Waals surface area contributed by atoms with Crippen molar-refractivity contribution in [3.05, 3.63) is 66.4 Å². The molecule has 1 atom stereocenters. The first-order valence-electron chi connectivity index (χ1n) is 8.67. The molecule has 0 aliphatic carbocycles.